The van der Waals surface area contributed by atoms with Crippen LogP contribution < -0.4 is 0 Å². The molecule has 2 atom stereocenters. The highest BCUT2D eigenvalue weighted by Crippen LogP contribution is 2.35. The molecule has 1 aliphatic carbocycles. The maximum Gasteiger partial charge on any atom is 0.111 e. The van der Waals surface area contributed by atoms with Crippen molar-refractivity contribution in [2.24, 2.45) is 5.92 Å². The lowest BCUT2D eigenvalue weighted by Crippen LogP contribution is -2.26. The minimum atomic E-state index is -0.801. The van der Waals surface area contributed by atoms with Crippen LogP contribution in [0, 0.1) is 12.8 Å². The Hall–Kier alpha value is -1.02. The summed E-state index contributed by atoms with van der Waals surface area (Å²) in [6.07, 6.45) is 7.42. The van der Waals surface area contributed by atoms with Gasteiger partial charge in [-0.2, -0.15) is 0 Å². The zero-order valence-corrected chi connectivity index (χ0v) is 8.66. The zero-order chi connectivity index (χ0) is 10.2. The summed E-state index contributed by atoms with van der Waals surface area (Å²) in [4.78, 5) is 0. The van der Waals surface area contributed by atoms with E-state index in [4.69, 9.17) is 4.42 Å². The quantitative estimate of drug-likeness (QED) is 0.694. The second-order valence-corrected chi connectivity index (χ2v) is 4.25. The van der Waals surface area contributed by atoms with Crippen molar-refractivity contribution in [2.75, 3.05) is 0 Å². The van der Waals surface area contributed by atoms with Crippen LogP contribution >= 0.6 is 0 Å². The van der Waals surface area contributed by atoms with Crippen LogP contribution in [0.25, 0.3) is 0 Å². The molecule has 0 saturated heterocycles. The molecule has 2 heteroatoms. The van der Waals surface area contributed by atoms with Crippen molar-refractivity contribution in [3.05, 3.63) is 35.8 Å². The lowest BCUT2D eigenvalue weighted by molar-refractivity contribution is 0.0667. The van der Waals surface area contributed by atoms with Crippen LogP contribution in [-0.2, 0) is 5.60 Å². The highest BCUT2D eigenvalue weighted by atomic mass is 16.3. The van der Waals surface area contributed by atoms with Gasteiger partial charge in [-0.05, 0) is 31.7 Å². The first kappa shape index (κ1) is 9.53. The molecule has 0 bridgehead atoms. The molecule has 1 aliphatic rings. The van der Waals surface area contributed by atoms with Gasteiger partial charge in [0.1, 0.15) is 11.4 Å². The van der Waals surface area contributed by atoms with Gasteiger partial charge in [-0.15, -0.1) is 0 Å². The molecule has 0 amide bonds. The monoisotopic (exact) mass is 192 g/mol. The van der Waals surface area contributed by atoms with Gasteiger partial charge >= 0.3 is 0 Å². The van der Waals surface area contributed by atoms with E-state index in [1.807, 2.05) is 19.1 Å². The van der Waals surface area contributed by atoms with Crippen molar-refractivity contribution in [1.82, 2.24) is 0 Å². The largest absolute Gasteiger partial charge is 0.469 e. The summed E-state index contributed by atoms with van der Waals surface area (Å²) in [5.41, 5.74) is 0.0720. The van der Waals surface area contributed by atoms with E-state index >= 15 is 0 Å². The molecule has 2 nitrogen and oxygen atoms in total. The van der Waals surface area contributed by atoms with Crippen LogP contribution in [0.4, 0.5) is 0 Å². The molecule has 0 aliphatic heterocycles. The average molecular weight is 192 g/mol. The summed E-state index contributed by atoms with van der Waals surface area (Å²) in [7, 11) is 0. The molecule has 1 aromatic heterocycles. The molecule has 0 saturated carbocycles. The lowest BCUT2D eigenvalue weighted by Gasteiger charge is -2.28. The molecular weight excluding hydrogens is 176 g/mol. The number of aliphatic hydroxyl groups is 1. The standard InChI is InChI=1S/C12H16O2/c1-9-3-5-12(13,6-4-9)11-7-10(2)14-8-11/h3,5,7-9,13H,4,6H2,1-2H3. The fourth-order valence-corrected chi connectivity index (χ4v) is 1.86. The Bertz CT molecular complexity index is 351. The summed E-state index contributed by atoms with van der Waals surface area (Å²) in [5, 5.41) is 10.3. The Morgan fingerprint density at radius 1 is 1.57 bits per heavy atom. The van der Waals surface area contributed by atoms with Gasteiger partial charge in [0.15, 0.2) is 0 Å². The predicted octanol–water partition coefficient (Wildman–Crippen LogP) is 2.76. The van der Waals surface area contributed by atoms with Crippen LogP contribution in [0.3, 0.4) is 0 Å². The summed E-state index contributed by atoms with van der Waals surface area (Å²) >= 11 is 0. The second kappa shape index (κ2) is 3.28. The van der Waals surface area contributed by atoms with Gasteiger partial charge in [0.25, 0.3) is 0 Å². The molecule has 2 unspecified atom stereocenters. The van der Waals surface area contributed by atoms with E-state index in [1.165, 1.54) is 0 Å². The summed E-state index contributed by atoms with van der Waals surface area (Å²) in [6.45, 7) is 4.05. The smallest absolute Gasteiger partial charge is 0.111 e. The Kier molecular flexibility index (Phi) is 2.23. The molecule has 0 aromatic carbocycles. The topological polar surface area (TPSA) is 33.4 Å². The van der Waals surface area contributed by atoms with Crippen molar-refractivity contribution in [2.45, 2.75) is 32.3 Å². The number of rotatable bonds is 1. The molecule has 1 heterocycles. The van der Waals surface area contributed by atoms with Crippen molar-refractivity contribution in [3.63, 3.8) is 0 Å². The lowest BCUT2D eigenvalue weighted by atomic mass is 9.82. The maximum atomic E-state index is 10.3. The number of hydrogen-bond donors (Lipinski definition) is 1. The summed E-state index contributed by atoms with van der Waals surface area (Å²) < 4.78 is 5.22. The van der Waals surface area contributed by atoms with Gasteiger partial charge in [0.05, 0.1) is 6.26 Å². The van der Waals surface area contributed by atoms with E-state index in [0.717, 1.165) is 24.2 Å². The highest BCUT2D eigenvalue weighted by Gasteiger charge is 2.30. The van der Waals surface area contributed by atoms with Gasteiger partial charge in [0, 0.05) is 5.56 Å². The highest BCUT2D eigenvalue weighted by molar-refractivity contribution is 5.27. The van der Waals surface area contributed by atoms with Crippen molar-refractivity contribution >= 4 is 0 Å². The minimum Gasteiger partial charge on any atom is -0.469 e. The third kappa shape index (κ3) is 1.62. The molecule has 1 aromatic rings. The first-order valence-electron chi connectivity index (χ1n) is 5.07. The van der Waals surface area contributed by atoms with E-state index in [-0.39, 0.29) is 0 Å². The Morgan fingerprint density at radius 3 is 2.86 bits per heavy atom. The van der Waals surface area contributed by atoms with E-state index in [1.54, 1.807) is 6.26 Å². The SMILES string of the molecule is Cc1cc(C2(O)C=CC(C)CC2)co1. The van der Waals surface area contributed by atoms with Crippen LogP contribution in [0.2, 0.25) is 0 Å². The first-order chi connectivity index (χ1) is 6.60. The Balaban J connectivity index is 2.29. The zero-order valence-electron chi connectivity index (χ0n) is 8.66. The number of furan rings is 1. The molecule has 0 spiro atoms. The predicted molar refractivity (Wildman–Crippen MR) is 54.9 cm³/mol. The first-order valence-corrected chi connectivity index (χ1v) is 5.07. The van der Waals surface area contributed by atoms with Crippen LogP contribution in [0.1, 0.15) is 31.1 Å². The number of hydrogen-bond acceptors (Lipinski definition) is 2. The molecule has 2 rings (SSSR count). The fourth-order valence-electron chi connectivity index (χ4n) is 1.86. The van der Waals surface area contributed by atoms with Gasteiger partial charge in [0.2, 0.25) is 0 Å². The fraction of sp³-hybridized carbons (Fsp3) is 0.500. The molecule has 1 N–H and O–H groups in total. The normalized spacial score (nSPS) is 32.1. The van der Waals surface area contributed by atoms with Crippen LogP contribution in [0.5, 0.6) is 0 Å². The van der Waals surface area contributed by atoms with Gasteiger partial charge in [-0.25, -0.2) is 0 Å². The third-order valence-electron chi connectivity index (χ3n) is 2.91. The number of allylic oxidation sites excluding steroid dienone is 1. The van der Waals surface area contributed by atoms with Crippen molar-refractivity contribution in [3.8, 4) is 0 Å². The van der Waals surface area contributed by atoms with E-state index < -0.39 is 5.60 Å². The van der Waals surface area contributed by atoms with Crippen molar-refractivity contribution in [1.29, 1.82) is 0 Å². The summed E-state index contributed by atoms with van der Waals surface area (Å²) in [6, 6.07) is 1.90. The summed E-state index contributed by atoms with van der Waals surface area (Å²) in [5.74, 6) is 1.42. The third-order valence-corrected chi connectivity index (χ3v) is 2.91. The molecule has 0 fully saturated rings. The maximum absolute atomic E-state index is 10.3. The average Bonchev–Trinajstić information content (AvgIpc) is 2.58. The Morgan fingerprint density at radius 2 is 2.36 bits per heavy atom. The van der Waals surface area contributed by atoms with Gasteiger partial charge in [-0.3, -0.25) is 0 Å². The van der Waals surface area contributed by atoms with Gasteiger partial charge < -0.3 is 9.52 Å². The Labute approximate surface area is 84.2 Å². The molecule has 0 radical (unpaired) electrons. The van der Waals surface area contributed by atoms with E-state index in [0.29, 0.717) is 5.92 Å². The van der Waals surface area contributed by atoms with E-state index in [2.05, 4.69) is 13.0 Å². The number of aryl methyl sites for hydroxylation is 1. The minimum absolute atomic E-state index is 0.572. The van der Waals surface area contributed by atoms with Gasteiger partial charge in [-0.1, -0.05) is 19.1 Å². The molecule has 14 heavy (non-hydrogen) atoms. The second-order valence-electron chi connectivity index (χ2n) is 4.25. The van der Waals surface area contributed by atoms with Crippen LogP contribution in [0.15, 0.2) is 28.9 Å². The van der Waals surface area contributed by atoms with E-state index in [9.17, 15) is 5.11 Å². The molecular formula is C12H16O2. The van der Waals surface area contributed by atoms with Crippen molar-refractivity contribution < 1.29 is 9.52 Å². The molecule has 76 valence electrons. The van der Waals surface area contributed by atoms with Crippen LogP contribution in [-0.4, -0.2) is 5.11 Å².